The fraction of sp³-hybridized carbons (Fsp3) is 0. The number of hydrogen-bond acceptors (Lipinski definition) is 3. The smallest absolute Gasteiger partial charge is 0.410 e. The molecule has 0 heterocycles. The molecule has 0 unspecified atom stereocenters. The van der Waals surface area contributed by atoms with E-state index in [9.17, 15) is 9.59 Å². The number of rotatable bonds is 6. The lowest BCUT2D eigenvalue weighted by molar-refractivity contribution is 0.104. The number of nitrogens with zero attached hydrogens (tertiary/aromatic N) is 1. The van der Waals surface area contributed by atoms with Crippen molar-refractivity contribution < 1.29 is 14.3 Å². The summed E-state index contributed by atoms with van der Waals surface area (Å²) in [5.41, 5.74) is 2.85. The molecule has 1 amide bonds. The fourth-order valence-corrected chi connectivity index (χ4v) is 3.45. The maximum Gasteiger partial charge on any atom is 0.424 e. The molecule has 0 fully saturated rings. The van der Waals surface area contributed by atoms with E-state index in [1.165, 1.54) is 11.0 Å². The van der Waals surface area contributed by atoms with Crippen LogP contribution in [0.1, 0.15) is 15.9 Å². The van der Waals surface area contributed by atoms with Gasteiger partial charge in [-0.3, -0.25) is 4.79 Å². The van der Waals surface area contributed by atoms with Crippen LogP contribution in [-0.4, -0.2) is 11.9 Å². The van der Waals surface area contributed by atoms with Crippen LogP contribution in [-0.2, 0) is 0 Å². The van der Waals surface area contributed by atoms with Crippen LogP contribution < -0.4 is 9.64 Å². The Labute approximate surface area is 200 Å². The Balaban J connectivity index is 1.46. The van der Waals surface area contributed by atoms with Crippen molar-refractivity contribution in [2.24, 2.45) is 0 Å². The number of halogens is 1. The molecule has 33 heavy (non-hydrogen) atoms. The van der Waals surface area contributed by atoms with Crippen LogP contribution in [0.4, 0.5) is 16.2 Å². The summed E-state index contributed by atoms with van der Waals surface area (Å²) in [7, 11) is 0. The number of para-hydroxylation sites is 2. The van der Waals surface area contributed by atoms with Crippen LogP contribution in [0.5, 0.6) is 5.75 Å². The Hall–Kier alpha value is -3.96. The first-order valence-electron chi connectivity index (χ1n) is 10.3. The molecule has 0 aromatic heterocycles. The first-order chi connectivity index (χ1) is 16.1. The molecule has 0 spiro atoms. The first kappa shape index (κ1) is 22.2. The van der Waals surface area contributed by atoms with Crippen molar-refractivity contribution in [3.8, 4) is 5.75 Å². The topological polar surface area (TPSA) is 46.6 Å². The van der Waals surface area contributed by atoms with Crippen LogP contribution in [0.25, 0.3) is 6.08 Å². The van der Waals surface area contributed by atoms with Gasteiger partial charge < -0.3 is 4.74 Å². The van der Waals surface area contributed by atoms with Crippen molar-refractivity contribution in [3.63, 3.8) is 0 Å². The SMILES string of the molecule is O=C(C=Cc1ccc(OC(=O)N(c2ccccc2)c2ccccc2)cc1)c1ccc(Br)cc1. The van der Waals surface area contributed by atoms with Crippen LogP contribution in [0, 0.1) is 0 Å². The maximum atomic E-state index is 13.0. The highest BCUT2D eigenvalue weighted by atomic mass is 79.9. The van der Waals surface area contributed by atoms with Crippen LogP contribution in [0.2, 0.25) is 0 Å². The van der Waals surface area contributed by atoms with Crippen LogP contribution in [0.15, 0.2) is 120 Å². The monoisotopic (exact) mass is 497 g/mol. The van der Waals surface area contributed by atoms with E-state index in [-0.39, 0.29) is 5.78 Å². The second-order valence-corrected chi connectivity index (χ2v) is 8.06. The van der Waals surface area contributed by atoms with Gasteiger partial charge in [-0.05, 0) is 72.3 Å². The second-order valence-electron chi connectivity index (χ2n) is 7.15. The van der Waals surface area contributed by atoms with E-state index in [0.717, 1.165) is 10.0 Å². The number of anilines is 2. The molecule has 0 radical (unpaired) electrons. The predicted molar refractivity (Wildman–Crippen MR) is 135 cm³/mol. The number of carbonyl (C=O) groups is 2. The molecule has 0 N–H and O–H groups in total. The van der Waals surface area contributed by atoms with Gasteiger partial charge in [0.2, 0.25) is 0 Å². The van der Waals surface area contributed by atoms with Crippen molar-refractivity contribution in [2.45, 2.75) is 0 Å². The van der Waals surface area contributed by atoms with E-state index in [1.54, 1.807) is 42.5 Å². The third kappa shape index (κ3) is 5.84. The molecule has 0 saturated carbocycles. The lowest BCUT2D eigenvalue weighted by Gasteiger charge is -2.22. The summed E-state index contributed by atoms with van der Waals surface area (Å²) in [6.45, 7) is 0. The normalized spacial score (nSPS) is 10.7. The summed E-state index contributed by atoms with van der Waals surface area (Å²) in [6.07, 6.45) is 2.74. The van der Waals surface area contributed by atoms with E-state index in [4.69, 9.17) is 4.74 Å². The number of ether oxygens (including phenoxy) is 1. The predicted octanol–water partition coefficient (Wildman–Crippen LogP) is 7.68. The molecule has 5 heteroatoms. The third-order valence-corrected chi connectivity index (χ3v) is 5.38. The van der Waals surface area contributed by atoms with Crippen molar-refractivity contribution >= 4 is 45.3 Å². The number of allylic oxidation sites excluding steroid dienone is 1. The molecular formula is C28H20BrNO3. The number of hydrogen-bond donors (Lipinski definition) is 0. The standard InChI is InChI=1S/C28H20BrNO3/c29-23-16-14-22(15-17-23)27(31)20-13-21-11-18-26(19-12-21)33-28(32)30(24-7-3-1-4-8-24)25-9-5-2-6-10-25/h1-20H. The molecule has 0 saturated heterocycles. The Morgan fingerprint density at radius 2 is 1.24 bits per heavy atom. The minimum Gasteiger partial charge on any atom is -0.410 e. The van der Waals surface area contributed by atoms with Gasteiger partial charge in [0, 0.05) is 10.0 Å². The van der Waals surface area contributed by atoms with Crippen molar-refractivity contribution in [3.05, 3.63) is 131 Å². The molecule has 0 aliphatic carbocycles. The highest BCUT2D eigenvalue weighted by molar-refractivity contribution is 9.10. The van der Waals surface area contributed by atoms with Crippen molar-refractivity contribution in [1.82, 2.24) is 0 Å². The minimum absolute atomic E-state index is 0.0839. The van der Waals surface area contributed by atoms with Gasteiger partial charge in [0.05, 0.1) is 11.4 Å². The average molecular weight is 498 g/mol. The second kappa shape index (κ2) is 10.6. The van der Waals surface area contributed by atoms with Gasteiger partial charge in [0.25, 0.3) is 0 Å². The quantitative estimate of drug-likeness (QED) is 0.202. The third-order valence-electron chi connectivity index (χ3n) is 4.85. The molecule has 0 atom stereocenters. The van der Waals surface area contributed by atoms with E-state index < -0.39 is 6.09 Å². The van der Waals surface area contributed by atoms with E-state index in [0.29, 0.717) is 22.7 Å². The summed E-state index contributed by atoms with van der Waals surface area (Å²) in [4.78, 5) is 26.9. The summed E-state index contributed by atoms with van der Waals surface area (Å²) >= 11 is 3.36. The zero-order valence-corrected chi connectivity index (χ0v) is 19.2. The Bertz CT molecular complexity index is 1210. The van der Waals surface area contributed by atoms with E-state index >= 15 is 0 Å². The summed E-state index contributed by atoms with van der Waals surface area (Å²) in [5, 5.41) is 0. The largest absolute Gasteiger partial charge is 0.424 e. The average Bonchev–Trinajstić information content (AvgIpc) is 2.85. The first-order valence-corrected chi connectivity index (χ1v) is 11.1. The highest BCUT2D eigenvalue weighted by Gasteiger charge is 2.20. The van der Waals surface area contributed by atoms with Crippen molar-refractivity contribution in [1.29, 1.82) is 0 Å². The lowest BCUT2D eigenvalue weighted by atomic mass is 10.1. The number of amides is 1. The van der Waals surface area contributed by atoms with Crippen LogP contribution in [0.3, 0.4) is 0 Å². The molecule has 4 aromatic carbocycles. The van der Waals surface area contributed by atoms with E-state index in [1.807, 2.05) is 72.8 Å². The molecule has 0 bridgehead atoms. The summed E-state index contributed by atoms with van der Waals surface area (Å²) in [5.74, 6) is 0.326. The van der Waals surface area contributed by atoms with Gasteiger partial charge in [-0.25, -0.2) is 9.69 Å². The molecule has 0 aliphatic rings. The molecule has 0 aliphatic heterocycles. The number of carbonyl (C=O) groups excluding carboxylic acids is 2. The van der Waals surface area contributed by atoms with Gasteiger partial charge in [-0.2, -0.15) is 0 Å². The zero-order valence-electron chi connectivity index (χ0n) is 17.6. The number of benzene rings is 4. The van der Waals surface area contributed by atoms with Crippen LogP contribution >= 0.6 is 15.9 Å². The molecule has 4 nitrogen and oxygen atoms in total. The zero-order chi connectivity index (χ0) is 23.0. The lowest BCUT2D eigenvalue weighted by Crippen LogP contribution is -2.29. The van der Waals surface area contributed by atoms with Gasteiger partial charge in [0.1, 0.15) is 5.75 Å². The van der Waals surface area contributed by atoms with Gasteiger partial charge in [0.15, 0.2) is 5.78 Å². The molecule has 4 rings (SSSR count). The van der Waals surface area contributed by atoms with Crippen molar-refractivity contribution in [2.75, 3.05) is 4.90 Å². The summed E-state index contributed by atoms with van der Waals surface area (Å²) < 4.78 is 6.56. The van der Waals surface area contributed by atoms with Gasteiger partial charge in [-0.15, -0.1) is 0 Å². The maximum absolute atomic E-state index is 13.0. The minimum atomic E-state index is -0.513. The van der Waals surface area contributed by atoms with E-state index in [2.05, 4.69) is 15.9 Å². The number of ketones is 1. The fourth-order valence-electron chi connectivity index (χ4n) is 3.19. The van der Waals surface area contributed by atoms with Gasteiger partial charge >= 0.3 is 6.09 Å². The van der Waals surface area contributed by atoms with Gasteiger partial charge in [-0.1, -0.05) is 70.5 Å². The Morgan fingerprint density at radius 3 is 1.79 bits per heavy atom. The summed E-state index contributed by atoms with van der Waals surface area (Å²) in [6, 6.07) is 32.9. The Morgan fingerprint density at radius 1 is 0.697 bits per heavy atom. The highest BCUT2D eigenvalue weighted by Crippen LogP contribution is 2.27. The molecule has 162 valence electrons. The molecule has 4 aromatic rings. The molecular weight excluding hydrogens is 478 g/mol. The Kier molecular flexibility index (Phi) is 7.12.